The van der Waals surface area contributed by atoms with Crippen LogP contribution in [0.25, 0.3) is 0 Å². The van der Waals surface area contributed by atoms with Gasteiger partial charge in [0.05, 0.1) is 24.4 Å². The molecular formula is C16H16F2N2O3. The molecule has 7 heteroatoms. The largest absolute Gasteiger partial charge is 0.469 e. The van der Waals surface area contributed by atoms with Crippen molar-refractivity contribution in [2.75, 3.05) is 6.54 Å². The summed E-state index contributed by atoms with van der Waals surface area (Å²) in [5.41, 5.74) is 0.507. The number of benzene rings is 1. The smallest absolute Gasteiger partial charge is 0.255 e. The topological polar surface area (TPSA) is 71.3 Å². The van der Waals surface area contributed by atoms with Crippen molar-refractivity contribution < 1.29 is 22.8 Å². The van der Waals surface area contributed by atoms with Gasteiger partial charge in [0.15, 0.2) is 0 Å². The predicted octanol–water partition coefficient (Wildman–Crippen LogP) is 2.47. The lowest BCUT2D eigenvalue weighted by molar-refractivity contribution is -0.120. The average Bonchev–Trinajstić information content (AvgIpc) is 2.90. The van der Waals surface area contributed by atoms with Gasteiger partial charge in [-0.15, -0.1) is 0 Å². The summed E-state index contributed by atoms with van der Waals surface area (Å²) in [6, 6.07) is 3.98. The first-order chi connectivity index (χ1) is 10.9. The molecular weight excluding hydrogens is 306 g/mol. The van der Waals surface area contributed by atoms with E-state index in [1.807, 2.05) is 0 Å². The third kappa shape index (κ3) is 4.15. The molecule has 0 spiro atoms. The molecule has 1 unspecified atom stereocenters. The summed E-state index contributed by atoms with van der Waals surface area (Å²) < 4.78 is 31.5. The Morgan fingerprint density at radius 2 is 2.00 bits per heavy atom. The normalized spacial score (nSPS) is 11.8. The van der Waals surface area contributed by atoms with E-state index in [0.717, 1.165) is 12.1 Å². The Morgan fingerprint density at radius 3 is 2.61 bits per heavy atom. The van der Waals surface area contributed by atoms with Crippen LogP contribution in [-0.2, 0) is 4.79 Å². The maximum atomic E-state index is 13.6. The number of furan rings is 1. The van der Waals surface area contributed by atoms with Crippen LogP contribution in [0.1, 0.15) is 34.6 Å². The third-order valence-corrected chi connectivity index (χ3v) is 3.32. The number of hydrogen-bond donors (Lipinski definition) is 2. The van der Waals surface area contributed by atoms with Crippen LogP contribution >= 0.6 is 0 Å². The van der Waals surface area contributed by atoms with Crippen molar-refractivity contribution in [2.45, 2.75) is 19.9 Å². The molecule has 1 aromatic carbocycles. The van der Waals surface area contributed by atoms with Gasteiger partial charge in [-0.05, 0) is 26.0 Å². The summed E-state index contributed by atoms with van der Waals surface area (Å²) in [6.07, 6.45) is 1.38. The fraction of sp³-hybridized carbons (Fsp3) is 0.250. The van der Waals surface area contributed by atoms with Crippen molar-refractivity contribution in [1.29, 1.82) is 0 Å². The molecule has 5 nitrogen and oxygen atoms in total. The minimum atomic E-state index is -0.740. The Labute approximate surface area is 131 Å². The highest BCUT2D eigenvalue weighted by molar-refractivity contribution is 5.97. The Balaban J connectivity index is 1.89. The van der Waals surface area contributed by atoms with Gasteiger partial charge in [0.1, 0.15) is 17.4 Å². The minimum absolute atomic E-state index is 0.164. The summed E-state index contributed by atoms with van der Waals surface area (Å²) in [7, 11) is 0. The third-order valence-electron chi connectivity index (χ3n) is 3.32. The van der Waals surface area contributed by atoms with E-state index in [1.165, 1.54) is 18.4 Å². The molecule has 0 aliphatic heterocycles. The highest BCUT2D eigenvalue weighted by atomic mass is 19.1. The zero-order valence-electron chi connectivity index (χ0n) is 12.7. The molecule has 2 aromatic rings. The molecule has 2 rings (SSSR count). The van der Waals surface area contributed by atoms with Gasteiger partial charge in [0, 0.05) is 11.6 Å². The molecule has 1 aromatic heterocycles. The van der Waals surface area contributed by atoms with E-state index in [2.05, 4.69) is 10.6 Å². The summed E-state index contributed by atoms with van der Waals surface area (Å²) in [4.78, 5) is 23.6. The Kier molecular flexibility index (Phi) is 5.10. The fourth-order valence-electron chi connectivity index (χ4n) is 2.10. The van der Waals surface area contributed by atoms with E-state index in [-0.39, 0.29) is 12.1 Å². The molecule has 0 aliphatic rings. The quantitative estimate of drug-likeness (QED) is 0.888. The predicted molar refractivity (Wildman–Crippen MR) is 78.7 cm³/mol. The van der Waals surface area contributed by atoms with Gasteiger partial charge in [-0.25, -0.2) is 8.78 Å². The van der Waals surface area contributed by atoms with Crippen molar-refractivity contribution in [3.63, 3.8) is 0 Å². The number of carbonyl (C=O) groups is 2. The molecule has 0 bridgehead atoms. The second-order valence-electron chi connectivity index (χ2n) is 5.03. The summed E-state index contributed by atoms with van der Waals surface area (Å²) >= 11 is 0. The lowest BCUT2D eigenvalue weighted by Gasteiger charge is -2.15. The molecule has 0 saturated heterocycles. The van der Waals surface area contributed by atoms with Crippen LogP contribution in [0.15, 0.2) is 34.9 Å². The number of hydrogen-bond acceptors (Lipinski definition) is 3. The van der Waals surface area contributed by atoms with Crippen LogP contribution < -0.4 is 10.6 Å². The number of carbonyl (C=O) groups excluding carboxylic acids is 2. The molecule has 0 radical (unpaired) electrons. The fourth-order valence-corrected chi connectivity index (χ4v) is 2.10. The first-order valence-electron chi connectivity index (χ1n) is 6.95. The van der Waals surface area contributed by atoms with Crippen LogP contribution in [-0.4, -0.2) is 18.4 Å². The van der Waals surface area contributed by atoms with Crippen LogP contribution in [0.2, 0.25) is 0 Å². The van der Waals surface area contributed by atoms with Gasteiger partial charge in [-0.1, -0.05) is 6.07 Å². The number of aryl methyl sites for hydroxylation is 1. The lowest BCUT2D eigenvalue weighted by atomic mass is 10.1. The van der Waals surface area contributed by atoms with E-state index in [1.54, 1.807) is 13.8 Å². The van der Waals surface area contributed by atoms with E-state index < -0.39 is 29.5 Å². The second kappa shape index (κ2) is 7.04. The zero-order chi connectivity index (χ0) is 17.0. The van der Waals surface area contributed by atoms with Crippen LogP contribution in [0.4, 0.5) is 8.78 Å². The minimum Gasteiger partial charge on any atom is -0.469 e. The van der Waals surface area contributed by atoms with Crippen molar-refractivity contribution >= 4 is 11.8 Å². The van der Waals surface area contributed by atoms with Gasteiger partial charge in [-0.3, -0.25) is 9.59 Å². The first kappa shape index (κ1) is 16.7. The first-order valence-corrected chi connectivity index (χ1v) is 6.95. The summed E-state index contributed by atoms with van der Waals surface area (Å²) in [6.45, 7) is 2.93. The number of nitrogens with one attached hydrogen (secondary N) is 2. The molecule has 1 heterocycles. The van der Waals surface area contributed by atoms with E-state index in [0.29, 0.717) is 11.3 Å². The van der Waals surface area contributed by atoms with Gasteiger partial charge < -0.3 is 15.1 Å². The zero-order valence-corrected chi connectivity index (χ0v) is 12.7. The monoisotopic (exact) mass is 322 g/mol. The molecule has 122 valence electrons. The number of rotatable bonds is 5. The Morgan fingerprint density at radius 1 is 1.26 bits per heavy atom. The van der Waals surface area contributed by atoms with Gasteiger partial charge in [-0.2, -0.15) is 0 Å². The highest BCUT2D eigenvalue weighted by Crippen LogP contribution is 2.17. The highest BCUT2D eigenvalue weighted by Gasteiger charge is 2.16. The van der Waals surface area contributed by atoms with Gasteiger partial charge in [0.2, 0.25) is 5.91 Å². The average molecular weight is 322 g/mol. The molecule has 2 N–H and O–H groups in total. The van der Waals surface area contributed by atoms with Crippen molar-refractivity contribution in [3.05, 3.63) is 59.1 Å². The molecule has 0 saturated carbocycles. The molecule has 2 amide bonds. The van der Waals surface area contributed by atoms with Crippen molar-refractivity contribution in [1.82, 2.24) is 10.6 Å². The Bertz CT molecular complexity index is 728. The van der Waals surface area contributed by atoms with Crippen LogP contribution in [0.5, 0.6) is 0 Å². The van der Waals surface area contributed by atoms with E-state index in [9.17, 15) is 18.4 Å². The second-order valence-corrected chi connectivity index (χ2v) is 5.03. The maximum absolute atomic E-state index is 13.6. The number of halogens is 2. The lowest BCUT2D eigenvalue weighted by Crippen LogP contribution is -2.38. The summed E-state index contributed by atoms with van der Waals surface area (Å²) in [5, 5.41) is 4.97. The molecule has 0 aliphatic carbocycles. The summed E-state index contributed by atoms with van der Waals surface area (Å²) in [5.74, 6) is -1.91. The van der Waals surface area contributed by atoms with Crippen LogP contribution in [0.3, 0.4) is 0 Å². The molecule has 23 heavy (non-hydrogen) atoms. The van der Waals surface area contributed by atoms with E-state index >= 15 is 0 Å². The Hall–Kier alpha value is -2.70. The van der Waals surface area contributed by atoms with Crippen LogP contribution in [0, 0.1) is 18.6 Å². The van der Waals surface area contributed by atoms with Gasteiger partial charge >= 0.3 is 0 Å². The SMILES string of the molecule is Cc1occc1C(=O)NCC(=O)NC(C)c1ccc(F)cc1F. The van der Waals surface area contributed by atoms with Crippen molar-refractivity contribution in [3.8, 4) is 0 Å². The molecule has 1 atom stereocenters. The van der Waals surface area contributed by atoms with Crippen molar-refractivity contribution in [2.24, 2.45) is 0 Å². The van der Waals surface area contributed by atoms with Gasteiger partial charge in [0.25, 0.3) is 5.91 Å². The molecule has 0 fully saturated rings. The maximum Gasteiger partial charge on any atom is 0.255 e. The van der Waals surface area contributed by atoms with E-state index in [4.69, 9.17) is 4.42 Å². The standard InChI is InChI=1S/C16H16F2N2O3/c1-9(12-4-3-11(17)7-14(12)18)20-15(21)8-19-16(22)13-5-6-23-10(13)2/h3-7,9H,8H2,1-2H3,(H,19,22)(H,20,21). The number of amides is 2.